The van der Waals surface area contributed by atoms with Gasteiger partial charge >= 0.3 is 0 Å². The number of nitrogens with one attached hydrogen (secondary N) is 4. The molecule has 0 aromatic heterocycles. The van der Waals surface area contributed by atoms with Crippen molar-refractivity contribution >= 4 is 29.4 Å². The van der Waals surface area contributed by atoms with Crippen molar-refractivity contribution in [3.63, 3.8) is 0 Å². The third-order valence-corrected chi connectivity index (χ3v) is 8.70. The molecule has 0 aliphatic rings. The molecule has 0 unspecified atom stereocenters. The van der Waals surface area contributed by atoms with Crippen molar-refractivity contribution < 1.29 is 44.4 Å². The van der Waals surface area contributed by atoms with Crippen molar-refractivity contribution in [2.24, 2.45) is 23.5 Å². The van der Waals surface area contributed by atoms with Crippen LogP contribution in [0.25, 0.3) is 11.1 Å². The molecule has 0 bridgehead atoms. The predicted octanol–water partition coefficient (Wildman–Crippen LogP) is 3.25. The summed E-state index contributed by atoms with van der Waals surface area (Å²) < 4.78 is 0. The van der Waals surface area contributed by atoms with E-state index < -0.39 is 71.8 Å². The number of benzene rings is 3. The molecule has 10 N–H and O–H groups in total. The van der Waals surface area contributed by atoms with Gasteiger partial charge in [-0.3, -0.25) is 24.0 Å². The van der Waals surface area contributed by atoms with Gasteiger partial charge in [0.1, 0.15) is 35.1 Å². The summed E-state index contributed by atoms with van der Waals surface area (Å²) in [6, 6.07) is 9.73. The number of hydrogen-bond donors (Lipinski definition) is 9. The van der Waals surface area contributed by atoms with Crippen LogP contribution in [-0.4, -0.2) is 80.6 Å². The molecule has 14 heteroatoms. The van der Waals surface area contributed by atoms with Gasteiger partial charge in [0.2, 0.25) is 17.7 Å². The van der Waals surface area contributed by atoms with E-state index in [9.17, 15) is 44.4 Å². The SMILES string of the molecule is CC(C)C[C@H](NC(=O)[C@@H](N)CC(C)C)C(=O)N[C@H](C(=O)N[C@@H](Cc1ccc(O)cc1)C(=O)CNC(=O)c1c(O)ccc(O)c1-c1ccc(O)cc1)C(C)C. The normalized spacial score (nSPS) is 13.5. The van der Waals surface area contributed by atoms with Gasteiger partial charge in [0.05, 0.1) is 24.2 Å². The fraction of sp³-hybridized carbons (Fsp3) is 0.425. The molecule has 3 rings (SSSR count). The van der Waals surface area contributed by atoms with Crippen LogP contribution in [0.4, 0.5) is 0 Å². The Hall–Kier alpha value is -5.63. The van der Waals surface area contributed by atoms with Gasteiger partial charge in [-0.05, 0) is 84.5 Å². The van der Waals surface area contributed by atoms with Crippen molar-refractivity contribution in [3.8, 4) is 34.1 Å². The lowest BCUT2D eigenvalue weighted by Gasteiger charge is -2.28. The van der Waals surface area contributed by atoms with E-state index in [1.807, 2.05) is 27.7 Å². The fourth-order valence-electron chi connectivity index (χ4n) is 5.87. The summed E-state index contributed by atoms with van der Waals surface area (Å²) in [5, 5.41) is 51.4. The van der Waals surface area contributed by atoms with Crippen LogP contribution < -0.4 is 27.0 Å². The van der Waals surface area contributed by atoms with E-state index in [1.165, 1.54) is 42.5 Å². The summed E-state index contributed by atoms with van der Waals surface area (Å²) in [4.78, 5) is 67.6. The first-order chi connectivity index (χ1) is 25.4. The zero-order valence-electron chi connectivity index (χ0n) is 31.6. The molecule has 3 aromatic rings. The smallest absolute Gasteiger partial charge is 0.256 e. The summed E-state index contributed by atoms with van der Waals surface area (Å²) in [6.07, 6.45) is 0.656. The first-order valence-corrected chi connectivity index (χ1v) is 18.0. The standard InChI is InChI=1S/C40H53N5O9/c1-21(2)17-28(41)37(51)44-30(18-22(3)4)38(52)45-36(23(5)6)40(54)43-29(19-24-7-11-26(46)12-8-24)33(50)20-42-39(53)35-32(49)16-15-31(48)34(35)25-9-13-27(47)14-10-25/h7-16,21-23,28-30,36,46-49H,17-20,41H2,1-6H3,(H,42,53)(H,43,54)(H,44,51)(H,45,52)/t28-,29-,30-,36-/m0/s1. The molecule has 0 aliphatic heterocycles. The number of aromatic hydroxyl groups is 4. The lowest BCUT2D eigenvalue weighted by molar-refractivity contribution is -0.134. The van der Waals surface area contributed by atoms with Crippen LogP contribution in [-0.2, 0) is 25.6 Å². The molecule has 4 amide bonds. The maximum atomic E-state index is 13.9. The van der Waals surface area contributed by atoms with Gasteiger partial charge in [0.15, 0.2) is 5.78 Å². The fourth-order valence-corrected chi connectivity index (χ4v) is 5.87. The molecule has 0 saturated heterocycles. The van der Waals surface area contributed by atoms with E-state index in [0.29, 0.717) is 17.5 Å². The van der Waals surface area contributed by atoms with E-state index in [0.717, 1.165) is 6.07 Å². The minimum atomic E-state index is -1.23. The molecule has 14 nitrogen and oxygen atoms in total. The second-order valence-corrected chi connectivity index (χ2v) is 14.6. The highest BCUT2D eigenvalue weighted by Crippen LogP contribution is 2.38. The first kappa shape index (κ1) is 42.8. The molecule has 0 aliphatic carbocycles. The third kappa shape index (κ3) is 12.2. The predicted molar refractivity (Wildman–Crippen MR) is 204 cm³/mol. The summed E-state index contributed by atoms with van der Waals surface area (Å²) >= 11 is 0. The summed E-state index contributed by atoms with van der Waals surface area (Å²) in [5.74, 6) is -4.44. The quantitative estimate of drug-likeness (QED) is 0.0861. The number of ketones is 1. The van der Waals surface area contributed by atoms with Crippen molar-refractivity contribution in [3.05, 3.63) is 71.8 Å². The van der Waals surface area contributed by atoms with E-state index in [2.05, 4.69) is 21.3 Å². The Bertz CT molecular complexity index is 1780. The number of phenols is 4. The maximum absolute atomic E-state index is 13.9. The van der Waals surface area contributed by atoms with Crippen LogP contribution >= 0.6 is 0 Å². The Morgan fingerprint density at radius 2 is 1.17 bits per heavy atom. The molecule has 0 spiro atoms. The Balaban J connectivity index is 1.84. The Kier molecular flexibility index (Phi) is 15.4. The van der Waals surface area contributed by atoms with Crippen molar-refractivity contribution in [2.45, 2.75) is 85.0 Å². The largest absolute Gasteiger partial charge is 0.508 e. The minimum absolute atomic E-state index is 0.00940. The number of amides is 4. The van der Waals surface area contributed by atoms with Gasteiger partial charge < -0.3 is 47.4 Å². The van der Waals surface area contributed by atoms with Crippen LogP contribution in [0.3, 0.4) is 0 Å². The number of nitrogens with two attached hydrogens (primary N) is 1. The summed E-state index contributed by atoms with van der Waals surface area (Å²) in [6.45, 7) is 10.5. The molecule has 3 aromatic carbocycles. The number of carbonyl (C=O) groups is 5. The molecule has 0 radical (unpaired) electrons. The number of rotatable bonds is 18. The van der Waals surface area contributed by atoms with Gasteiger partial charge in [0.25, 0.3) is 5.91 Å². The zero-order valence-corrected chi connectivity index (χ0v) is 31.6. The van der Waals surface area contributed by atoms with Crippen LogP contribution in [0.2, 0.25) is 0 Å². The van der Waals surface area contributed by atoms with Gasteiger partial charge in [-0.25, -0.2) is 0 Å². The average Bonchev–Trinajstić information content (AvgIpc) is 3.10. The minimum Gasteiger partial charge on any atom is -0.508 e. The van der Waals surface area contributed by atoms with E-state index in [1.54, 1.807) is 26.0 Å². The first-order valence-electron chi connectivity index (χ1n) is 18.0. The second-order valence-electron chi connectivity index (χ2n) is 14.6. The second kappa shape index (κ2) is 19.4. The van der Waals surface area contributed by atoms with Crippen LogP contribution in [0.15, 0.2) is 60.7 Å². The Morgan fingerprint density at radius 3 is 1.72 bits per heavy atom. The molecule has 0 heterocycles. The number of carbonyl (C=O) groups excluding carboxylic acids is 5. The van der Waals surface area contributed by atoms with Crippen LogP contribution in [0.5, 0.6) is 23.0 Å². The van der Waals surface area contributed by atoms with Gasteiger partial charge in [0, 0.05) is 5.56 Å². The molecular weight excluding hydrogens is 694 g/mol. The highest BCUT2D eigenvalue weighted by Gasteiger charge is 2.33. The van der Waals surface area contributed by atoms with E-state index >= 15 is 0 Å². The topological polar surface area (TPSA) is 240 Å². The van der Waals surface area contributed by atoms with Crippen LogP contribution in [0.1, 0.15) is 70.3 Å². The number of Topliss-reactive ketones (excluding diaryl/α,β-unsaturated/α-hetero) is 1. The zero-order chi connectivity index (χ0) is 40.3. The summed E-state index contributed by atoms with van der Waals surface area (Å²) in [5.41, 5.74) is 6.60. The van der Waals surface area contributed by atoms with Gasteiger partial charge in [-0.15, -0.1) is 0 Å². The van der Waals surface area contributed by atoms with E-state index in [4.69, 9.17) is 5.73 Å². The Morgan fingerprint density at radius 1 is 0.630 bits per heavy atom. The maximum Gasteiger partial charge on any atom is 0.256 e. The molecule has 0 saturated carbocycles. The van der Waals surface area contributed by atoms with Gasteiger partial charge in [-0.1, -0.05) is 65.8 Å². The number of phenolic OH excluding ortho intramolecular Hbond substituents is 4. The monoisotopic (exact) mass is 747 g/mol. The van der Waals surface area contributed by atoms with Crippen molar-refractivity contribution in [1.82, 2.24) is 21.3 Å². The van der Waals surface area contributed by atoms with Crippen LogP contribution in [0, 0.1) is 17.8 Å². The Labute approximate surface area is 315 Å². The highest BCUT2D eigenvalue weighted by atomic mass is 16.3. The highest BCUT2D eigenvalue weighted by molar-refractivity contribution is 6.06. The summed E-state index contributed by atoms with van der Waals surface area (Å²) in [7, 11) is 0. The van der Waals surface area contributed by atoms with Crippen molar-refractivity contribution in [2.75, 3.05) is 6.54 Å². The van der Waals surface area contributed by atoms with E-state index in [-0.39, 0.29) is 53.1 Å². The lowest BCUT2D eigenvalue weighted by atomic mass is 9.96. The average molecular weight is 748 g/mol. The lowest BCUT2D eigenvalue weighted by Crippen LogP contribution is -2.59. The molecule has 292 valence electrons. The molecule has 54 heavy (non-hydrogen) atoms. The third-order valence-electron chi connectivity index (χ3n) is 8.70. The molecular formula is C40H53N5O9. The molecule has 4 atom stereocenters. The van der Waals surface area contributed by atoms with Gasteiger partial charge in [-0.2, -0.15) is 0 Å². The molecule has 0 fully saturated rings. The number of hydrogen-bond acceptors (Lipinski definition) is 10. The van der Waals surface area contributed by atoms with Crippen molar-refractivity contribution in [1.29, 1.82) is 0 Å².